The SMILES string of the molecule is O=C(c1cncc(Br)c1)c1cccc(C2CCC2)c1. The Labute approximate surface area is 121 Å². The lowest BCUT2D eigenvalue weighted by molar-refractivity contribution is 0.103. The summed E-state index contributed by atoms with van der Waals surface area (Å²) in [7, 11) is 0. The van der Waals surface area contributed by atoms with Crippen molar-refractivity contribution in [3.63, 3.8) is 0 Å². The third-order valence-corrected chi connectivity index (χ3v) is 4.13. The molecule has 1 heterocycles. The van der Waals surface area contributed by atoms with Crippen LogP contribution in [0.25, 0.3) is 0 Å². The smallest absolute Gasteiger partial charge is 0.194 e. The number of aromatic nitrogens is 1. The first kappa shape index (κ1) is 12.5. The molecule has 1 fully saturated rings. The van der Waals surface area contributed by atoms with Gasteiger partial charge in [-0.05, 0) is 52.4 Å². The highest BCUT2D eigenvalue weighted by molar-refractivity contribution is 9.10. The van der Waals surface area contributed by atoms with E-state index in [1.807, 2.05) is 24.3 Å². The molecule has 0 radical (unpaired) electrons. The van der Waals surface area contributed by atoms with Crippen LogP contribution in [0.4, 0.5) is 0 Å². The molecule has 3 rings (SSSR count). The Morgan fingerprint density at radius 2 is 2.00 bits per heavy atom. The Hall–Kier alpha value is -1.48. The van der Waals surface area contributed by atoms with Gasteiger partial charge in [-0.15, -0.1) is 0 Å². The maximum Gasteiger partial charge on any atom is 0.194 e. The number of ketones is 1. The molecule has 19 heavy (non-hydrogen) atoms. The van der Waals surface area contributed by atoms with Crippen LogP contribution in [0.1, 0.15) is 46.7 Å². The number of rotatable bonds is 3. The summed E-state index contributed by atoms with van der Waals surface area (Å²) in [5.74, 6) is 0.684. The van der Waals surface area contributed by atoms with Crippen molar-refractivity contribution in [2.24, 2.45) is 0 Å². The fourth-order valence-corrected chi connectivity index (χ4v) is 2.74. The van der Waals surface area contributed by atoms with Crippen LogP contribution in [0.2, 0.25) is 0 Å². The minimum Gasteiger partial charge on any atom is -0.289 e. The number of halogens is 1. The molecule has 96 valence electrons. The molecule has 1 aliphatic carbocycles. The van der Waals surface area contributed by atoms with Crippen molar-refractivity contribution in [1.82, 2.24) is 4.98 Å². The first-order chi connectivity index (χ1) is 9.24. The van der Waals surface area contributed by atoms with Gasteiger partial charge < -0.3 is 0 Å². The predicted molar refractivity (Wildman–Crippen MR) is 78.4 cm³/mol. The zero-order valence-corrected chi connectivity index (χ0v) is 12.1. The summed E-state index contributed by atoms with van der Waals surface area (Å²) in [6.45, 7) is 0. The number of nitrogens with zero attached hydrogens (tertiary/aromatic N) is 1. The maximum atomic E-state index is 12.4. The topological polar surface area (TPSA) is 30.0 Å². The van der Waals surface area contributed by atoms with Gasteiger partial charge in [-0.2, -0.15) is 0 Å². The summed E-state index contributed by atoms with van der Waals surface area (Å²) in [4.78, 5) is 16.5. The number of carbonyl (C=O) groups excluding carboxylic acids is 1. The zero-order chi connectivity index (χ0) is 13.2. The quantitative estimate of drug-likeness (QED) is 0.788. The van der Waals surface area contributed by atoms with E-state index in [4.69, 9.17) is 0 Å². The molecule has 1 aromatic carbocycles. The van der Waals surface area contributed by atoms with Gasteiger partial charge in [0.2, 0.25) is 0 Å². The summed E-state index contributed by atoms with van der Waals surface area (Å²) in [5.41, 5.74) is 2.67. The standard InChI is InChI=1S/C16H14BrNO/c17-15-8-14(9-18-10-15)16(19)13-6-2-5-12(7-13)11-3-1-4-11/h2,5-11H,1,3-4H2. The van der Waals surface area contributed by atoms with Crippen LogP contribution in [0.3, 0.4) is 0 Å². The number of hydrogen-bond donors (Lipinski definition) is 0. The number of hydrogen-bond acceptors (Lipinski definition) is 2. The van der Waals surface area contributed by atoms with E-state index in [9.17, 15) is 4.79 Å². The molecule has 0 atom stereocenters. The van der Waals surface area contributed by atoms with Gasteiger partial charge in [-0.25, -0.2) is 0 Å². The average Bonchev–Trinajstić information content (AvgIpc) is 2.36. The zero-order valence-electron chi connectivity index (χ0n) is 10.5. The molecule has 2 nitrogen and oxygen atoms in total. The van der Waals surface area contributed by atoms with E-state index in [2.05, 4.69) is 27.0 Å². The largest absolute Gasteiger partial charge is 0.289 e. The fourth-order valence-electron chi connectivity index (χ4n) is 2.38. The summed E-state index contributed by atoms with van der Waals surface area (Å²) < 4.78 is 0.827. The van der Waals surface area contributed by atoms with Gasteiger partial charge in [-0.3, -0.25) is 9.78 Å². The normalized spacial score (nSPS) is 15.0. The van der Waals surface area contributed by atoms with Crippen molar-refractivity contribution >= 4 is 21.7 Å². The van der Waals surface area contributed by atoms with Crippen molar-refractivity contribution < 1.29 is 4.79 Å². The fraction of sp³-hybridized carbons (Fsp3) is 0.250. The summed E-state index contributed by atoms with van der Waals surface area (Å²) in [6.07, 6.45) is 7.09. The molecule has 0 bridgehead atoms. The molecule has 0 amide bonds. The number of pyridine rings is 1. The second kappa shape index (κ2) is 5.25. The van der Waals surface area contributed by atoms with Gasteiger partial charge in [0.05, 0.1) is 0 Å². The molecule has 0 unspecified atom stereocenters. The van der Waals surface area contributed by atoms with E-state index in [0.29, 0.717) is 11.5 Å². The third kappa shape index (κ3) is 2.61. The van der Waals surface area contributed by atoms with Crippen LogP contribution in [0, 0.1) is 0 Å². The van der Waals surface area contributed by atoms with E-state index in [1.165, 1.54) is 24.8 Å². The monoisotopic (exact) mass is 315 g/mol. The van der Waals surface area contributed by atoms with E-state index in [-0.39, 0.29) is 5.78 Å². The van der Waals surface area contributed by atoms with Crippen molar-refractivity contribution in [1.29, 1.82) is 0 Å². The predicted octanol–water partition coefficient (Wildman–Crippen LogP) is 4.34. The van der Waals surface area contributed by atoms with Gasteiger partial charge in [0.15, 0.2) is 5.78 Å². The maximum absolute atomic E-state index is 12.4. The molecular weight excluding hydrogens is 302 g/mol. The van der Waals surface area contributed by atoms with Crippen LogP contribution in [-0.2, 0) is 0 Å². The van der Waals surface area contributed by atoms with E-state index in [0.717, 1.165) is 10.0 Å². The minimum absolute atomic E-state index is 0.0370. The number of carbonyl (C=O) groups is 1. The van der Waals surface area contributed by atoms with E-state index < -0.39 is 0 Å². The minimum atomic E-state index is 0.0370. The van der Waals surface area contributed by atoms with Crippen LogP contribution >= 0.6 is 15.9 Å². The van der Waals surface area contributed by atoms with Crippen LogP contribution in [0.5, 0.6) is 0 Å². The molecular formula is C16H14BrNO. The van der Waals surface area contributed by atoms with Gasteiger partial charge in [-0.1, -0.05) is 24.6 Å². The Kier molecular flexibility index (Phi) is 3.47. The molecule has 1 aliphatic rings. The second-order valence-electron chi connectivity index (χ2n) is 4.97. The van der Waals surface area contributed by atoms with Gasteiger partial charge >= 0.3 is 0 Å². The van der Waals surface area contributed by atoms with E-state index >= 15 is 0 Å². The summed E-state index contributed by atoms with van der Waals surface area (Å²) in [5, 5.41) is 0. The highest BCUT2D eigenvalue weighted by Crippen LogP contribution is 2.36. The lowest BCUT2D eigenvalue weighted by Crippen LogP contribution is -2.10. The molecule has 0 aliphatic heterocycles. The van der Waals surface area contributed by atoms with Crippen LogP contribution in [-0.4, -0.2) is 10.8 Å². The van der Waals surface area contributed by atoms with Crippen molar-refractivity contribution in [2.45, 2.75) is 25.2 Å². The van der Waals surface area contributed by atoms with Crippen LogP contribution in [0.15, 0.2) is 47.2 Å². The molecule has 0 spiro atoms. The Morgan fingerprint density at radius 1 is 1.16 bits per heavy atom. The van der Waals surface area contributed by atoms with Crippen molar-refractivity contribution in [2.75, 3.05) is 0 Å². The van der Waals surface area contributed by atoms with Crippen LogP contribution < -0.4 is 0 Å². The molecule has 3 heteroatoms. The van der Waals surface area contributed by atoms with Gasteiger partial charge in [0, 0.05) is 28.0 Å². The Balaban J connectivity index is 1.91. The molecule has 0 saturated heterocycles. The third-order valence-electron chi connectivity index (χ3n) is 3.69. The Morgan fingerprint density at radius 3 is 2.68 bits per heavy atom. The molecule has 1 saturated carbocycles. The van der Waals surface area contributed by atoms with Gasteiger partial charge in [0.25, 0.3) is 0 Å². The highest BCUT2D eigenvalue weighted by Gasteiger charge is 2.20. The summed E-state index contributed by atoms with van der Waals surface area (Å²) >= 11 is 3.35. The highest BCUT2D eigenvalue weighted by atomic mass is 79.9. The lowest BCUT2D eigenvalue weighted by atomic mass is 9.79. The molecule has 0 N–H and O–H groups in total. The van der Waals surface area contributed by atoms with Crippen molar-refractivity contribution in [3.8, 4) is 0 Å². The van der Waals surface area contributed by atoms with E-state index in [1.54, 1.807) is 12.4 Å². The second-order valence-corrected chi connectivity index (χ2v) is 5.89. The average molecular weight is 316 g/mol. The van der Waals surface area contributed by atoms with Gasteiger partial charge in [0.1, 0.15) is 0 Å². The lowest BCUT2D eigenvalue weighted by Gasteiger charge is -2.26. The summed E-state index contributed by atoms with van der Waals surface area (Å²) in [6, 6.07) is 9.83. The number of benzene rings is 1. The molecule has 2 aromatic rings. The molecule has 1 aromatic heterocycles. The van der Waals surface area contributed by atoms with Crippen molar-refractivity contribution in [3.05, 3.63) is 63.9 Å². The Bertz CT molecular complexity index is 620. The first-order valence-electron chi connectivity index (χ1n) is 6.49. The first-order valence-corrected chi connectivity index (χ1v) is 7.28.